The number of fused-ring (bicyclic) bond motifs is 1. The molecule has 0 aromatic heterocycles. The summed E-state index contributed by atoms with van der Waals surface area (Å²) >= 11 is 0. The smallest absolute Gasteiger partial charge is 0.256 e. The third-order valence-corrected chi connectivity index (χ3v) is 6.73. The van der Waals surface area contributed by atoms with Gasteiger partial charge >= 0.3 is 0 Å². The molecule has 0 radical (unpaired) electrons. The molecule has 2 aromatic carbocycles. The Morgan fingerprint density at radius 2 is 1.48 bits per heavy atom. The minimum absolute atomic E-state index is 0.324. The predicted octanol–water partition coefficient (Wildman–Crippen LogP) is 5.00. The Labute approximate surface area is 151 Å². The summed E-state index contributed by atoms with van der Waals surface area (Å²) in [6, 6.07) is 11.2. The SMILES string of the molecule is CC1=CC(C)(C)N(S(=O)(=O)c2ccc(C)cc2)c2c(C)cc(C)cc21. The topological polar surface area (TPSA) is 37.4 Å². The van der Waals surface area contributed by atoms with E-state index in [9.17, 15) is 8.42 Å². The van der Waals surface area contributed by atoms with E-state index in [4.69, 9.17) is 0 Å². The zero-order valence-corrected chi connectivity index (χ0v) is 16.5. The maximum atomic E-state index is 13.5. The van der Waals surface area contributed by atoms with Crippen LogP contribution in [0.2, 0.25) is 0 Å². The molecule has 0 aliphatic carbocycles. The van der Waals surface area contributed by atoms with Gasteiger partial charge in [0.05, 0.1) is 16.1 Å². The van der Waals surface area contributed by atoms with Gasteiger partial charge in [0.2, 0.25) is 0 Å². The number of aryl methyl sites for hydroxylation is 3. The zero-order valence-electron chi connectivity index (χ0n) is 15.7. The van der Waals surface area contributed by atoms with Crippen molar-refractivity contribution >= 4 is 21.3 Å². The lowest BCUT2D eigenvalue weighted by Crippen LogP contribution is -2.49. The highest BCUT2D eigenvalue weighted by atomic mass is 32.2. The minimum Gasteiger partial charge on any atom is -0.256 e. The van der Waals surface area contributed by atoms with Crippen molar-refractivity contribution in [2.45, 2.75) is 52.0 Å². The number of nitrogens with zero attached hydrogens (tertiary/aromatic N) is 1. The molecule has 0 unspecified atom stereocenters. The van der Waals surface area contributed by atoms with E-state index in [2.05, 4.69) is 13.0 Å². The van der Waals surface area contributed by atoms with Gasteiger partial charge in [-0.05, 0) is 70.9 Å². The highest BCUT2D eigenvalue weighted by Gasteiger charge is 2.41. The first-order valence-corrected chi connectivity index (χ1v) is 9.91. The first-order valence-electron chi connectivity index (χ1n) is 8.47. The molecule has 0 spiro atoms. The first kappa shape index (κ1) is 17.7. The van der Waals surface area contributed by atoms with E-state index in [0.717, 1.165) is 33.5 Å². The second-order valence-electron chi connectivity index (χ2n) is 7.54. The summed E-state index contributed by atoms with van der Waals surface area (Å²) in [4.78, 5) is 0.324. The third-order valence-electron chi connectivity index (χ3n) is 4.73. The molecule has 4 heteroatoms. The van der Waals surface area contributed by atoms with Crippen LogP contribution in [0, 0.1) is 20.8 Å². The van der Waals surface area contributed by atoms with Crippen LogP contribution < -0.4 is 4.31 Å². The van der Waals surface area contributed by atoms with Crippen molar-refractivity contribution in [3.05, 3.63) is 64.7 Å². The van der Waals surface area contributed by atoms with Gasteiger partial charge in [-0.25, -0.2) is 8.42 Å². The van der Waals surface area contributed by atoms with Crippen molar-refractivity contribution < 1.29 is 8.42 Å². The number of rotatable bonds is 2. The molecule has 3 rings (SSSR count). The fourth-order valence-electron chi connectivity index (χ4n) is 3.73. The fourth-order valence-corrected chi connectivity index (χ4v) is 5.58. The average molecular weight is 356 g/mol. The van der Waals surface area contributed by atoms with Crippen molar-refractivity contribution in [3.63, 3.8) is 0 Å². The normalized spacial score (nSPS) is 16.4. The molecule has 2 aromatic rings. The number of allylic oxidation sites excluding steroid dienone is 1. The minimum atomic E-state index is -3.67. The van der Waals surface area contributed by atoms with Gasteiger partial charge in [0.1, 0.15) is 0 Å². The standard InChI is InChI=1S/C21H25NO2S/c1-14-7-9-18(10-8-14)25(23,24)22-20-16(3)11-15(2)12-19(20)17(4)13-21(22,5)6/h7-13H,1-6H3. The van der Waals surface area contributed by atoms with Crippen LogP contribution in [0.1, 0.15) is 43.0 Å². The largest absolute Gasteiger partial charge is 0.265 e. The van der Waals surface area contributed by atoms with Crippen molar-refractivity contribution in [3.8, 4) is 0 Å². The van der Waals surface area contributed by atoms with E-state index in [1.165, 1.54) is 0 Å². The van der Waals surface area contributed by atoms with Gasteiger partial charge in [0, 0.05) is 5.56 Å². The fraction of sp³-hybridized carbons (Fsp3) is 0.333. The van der Waals surface area contributed by atoms with E-state index >= 15 is 0 Å². The summed E-state index contributed by atoms with van der Waals surface area (Å²) in [5, 5.41) is 0. The van der Waals surface area contributed by atoms with Crippen molar-refractivity contribution in [2.75, 3.05) is 4.31 Å². The molecular weight excluding hydrogens is 330 g/mol. The summed E-state index contributed by atoms with van der Waals surface area (Å²) in [7, 11) is -3.67. The van der Waals surface area contributed by atoms with E-state index in [-0.39, 0.29) is 0 Å². The molecule has 0 atom stereocenters. The molecule has 1 aliphatic heterocycles. The Kier molecular flexibility index (Phi) is 4.07. The predicted molar refractivity (Wildman–Crippen MR) is 104 cm³/mol. The van der Waals surface area contributed by atoms with E-state index in [1.807, 2.05) is 58.9 Å². The third kappa shape index (κ3) is 2.89. The first-order chi connectivity index (χ1) is 11.5. The van der Waals surface area contributed by atoms with Crippen LogP contribution in [0.15, 0.2) is 47.4 Å². The van der Waals surface area contributed by atoms with E-state index in [1.54, 1.807) is 16.4 Å². The Morgan fingerprint density at radius 1 is 0.880 bits per heavy atom. The molecule has 132 valence electrons. The van der Waals surface area contributed by atoms with Gasteiger partial charge in [0.25, 0.3) is 10.0 Å². The number of sulfonamides is 1. The molecule has 1 heterocycles. The van der Waals surface area contributed by atoms with Gasteiger partial charge in [0.15, 0.2) is 0 Å². The maximum Gasteiger partial charge on any atom is 0.265 e. The van der Waals surface area contributed by atoms with E-state index < -0.39 is 15.6 Å². The highest BCUT2D eigenvalue weighted by molar-refractivity contribution is 7.93. The van der Waals surface area contributed by atoms with Crippen LogP contribution in [-0.2, 0) is 10.0 Å². The van der Waals surface area contributed by atoms with Gasteiger partial charge in [-0.15, -0.1) is 0 Å². The number of hydrogen-bond acceptors (Lipinski definition) is 2. The molecule has 25 heavy (non-hydrogen) atoms. The van der Waals surface area contributed by atoms with Gasteiger partial charge in [-0.3, -0.25) is 4.31 Å². The lowest BCUT2D eigenvalue weighted by Gasteiger charge is -2.43. The van der Waals surface area contributed by atoms with Gasteiger partial charge in [-0.1, -0.05) is 35.4 Å². The molecule has 0 saturated heterocycles. The van der Waals surface area contributed by atoms with Crippen LogP contribution >= 0.6 is 0 Å². The molecule has 0 N–H and O–H groups in total. The molecule has 0 bridgehead atoms. The summed E-state index contributed by atoms with van der Waals surface area (Å²) < 4.78 is 28.6. The van der Waals surface area contributed by atoms with Crippen molar-refractivity contribution in [1.29, 1.82) is 0 Å². The molecule has 0 amide bonds. The Bertz CT molecular complexity index is 968. The Hall–Kier alpha value is -2.07. The Balaban J connectivity index is 2.30. The molecule has 1 aliphatic rings. The van der Waals surface area contributed by atoms with Crippen LogP contribution in [0.4, 0.5) is 5.69 Å². The van der Waals surface area contributed by atoms with Crippen LogP contribution in [0.25, 0.3) is 5.57 Å². The lowest BCUT2D eigenvalue weighted by molar-refractivity contribution is 0.560. The van der Waals surface area contributed by atoms with Gasteiger partial charge in [-0.2, -0.15) is 0 Å². The zero-order chi connectivity index (χ0) is 18.6. The van der Waals surface area contributed by atoms with Crippen molar-refractivity contribution in [1.82, 2.24) is 0 Å². The second kappa shape index (κ2) is 5.73. The lowest BCUT2D eigenvalue weighted by atomic mass is 9.88. The summed E-state index contributed by atoms with van der Waals surface area (Å²) in [5.74, 6) is 0. The number of hydrogen-bond donors (Lipinski definition) is 0. The summed E-state index contributed by atoms with van der Waals surface area (Å²) in [5.41, 5.74) is 5.41. The van der Waals surface area contributed by atoms with Gasteiger partial charge < -0.3 is 0 Å². The Morgan fingerprint density at radius 3 is 2.08 bits per heavy atom. The highest BCUT2D eigenvalue weighted by Crippen LogP contribution is 2.44. The summed E-state index contributed by atoms with van der Waals surface area (Å²) in [6.45, 7) is 11.9. The van der Waals surface area contributed by atoms with Crippen molar-refractivity contribution in [2.24, 2.45) is 0 Å². The molecule has 3 nitrogen and oxygen atoms in total. The maximum absolute atomic E-state index is 13.5. The second-order valence-corrected chi connectivity index (χ2v) is 9.33. The molecule has 0 fully saturated rings. The van der Waals surface area contributed by atoms with Crippen LogP contribution in [0.3, 0.4) is 0 Å². The average Bonchev–Trinajstić information content (AvgIpc) is 2.48. The quantitative estimate of drug-likeness (QED) is 0.760. The van der Waals surface area contributed by atoms with E-state index in [0.29, 0.717) is 4.90 Å². The molecule has 0 saturated carbocycles. The molecular formula is C21H25NO2S. The van der Waals surface area contributed by atoms with Crippen LogP contribution in [-0.4, -0.2) is 14.0 Å². The number of anilines is 1. The summed E-state index contributed by atoms with van der Waals surface area (Å²) in [6.07, 6.45) is 2.04. The number of benzene rings is 2. The van der Waals surface area contributed by atoms with Crippen LogP contribution in [0.5, 0.6) is 0 Å². The monoisotopic (exact) mass is 355 g/mol.